The van der Waals surface area contributed by atoms with E-state index < -0.39 is 11.5 Å². The summed E-state index contributed by atoms with van der Waals surface area (Å²) in [4.78, 5) is 56.8. The van der Waals surface area contributed by atoms with Crippen LogP contribution in [0.5, 0.6) is 0 Å². The summed E-state index contributed by atoms with van der Waals surface area (Å²) >= 11 is 0. The number of anilines is 1. The number of alkyl halides is 2. The Hall–Kier alpha value is -4.60. The molecule has 0 bridgehead atoms. The van der Waals surface area contributed by atoms with Gasteiger partial charge < -0.3 is 20.0 Å². The summed E-state index contributed by atoms with van der Waals surface area (Å²) in [6.45, 7) is 0.578. The molecule has 40 heavy (non-hydrogen) atoms. The van der Waals surface area contributed by atoms with Crippen molar-refractivity contribution < 1.29 is 28.0 Å². The Balaban J connectivity index is 1.41. The normalized spacial score (nSPS) is 16.6. The summed E-state index contributed by atoms with van der Waals surface area (Å²) in [6, 6.07) is 20.6. The van der Waals surface area contributed by atoms with Crippen molar-refractivity contribution >= 4 is 29.3 Å². The third-order valence-electron chi connectivity index (χ3n) is 7.44. The average molecular weight is 547 g/mol. The first kappa shape index (κ1) is 27.0. The Bertz CT molecular complexity index is 1450. The zero-order valence-electron chi connectivity index (χ0n) is 22.1. The molecule has 5 rings (SSSR count). The van der Waals surface area contributed by atoms with Crippen LogP contribution >= 0.6 is 0 Å². The summed E-state index contributed by atoms with van der Waals surface area (Å²) in [5.74, 6) is -3.86. The molecule has 2 aliphatic heterocycles. The van der Waals surface area contributed by atoms with E-state index >= 15 is 0 Å². The average Bonchev–Trinajstić information content (AvgIpc) is 2.93. The van der Waals surface area contributed by atoms with Crippen LogP contribution in [0.4, 0.5) is 19.3 Å². The van der Waals surface area contributed by atoms with E-state index in [1.54, 1.807) is 48.5 Å². The van der Waals surface area contributed by atoms with E-state index in [0.29, 0.717) is 22.4 Å². The highest BCUT2D eigenvalue weighted by atomic mass is 19.3. The molecule has 0 aromatic heterocycles. The number of rotatable bonds is 6. The van der Waals surface area contributed by atoms with Crippen molar-refractivity contribution in [1.29, 1.82) is 0 Å². The van der Waals surface area contributed by atoms with Gasteiger partial charge in [-0.1, -0.05) is 54.6 Å². The summed E-state index contributed by atoms with van der Waals surface area (Å²) in [5.41, 5.74) is 0.556. The van der Waals surface area contributed by atoms with Gasteiger partial charge in [0, 0.05) is 42.9 Å². The van der Waals surface area contributed by atoms with Crippen LogP contribution in [-0.2, 0) is 22.1 Å². The molecule has 1 N–H and O–H groups in total. The molecule has 4 amide bonds. The number of likely N-dealkylation sites (tertiary alicyclic amines) is 1. The smallest absolute Gasteiger partial charge is 0.317 e. The Morgan fingerprint density at radius 3 is 2.08 bits per heavy atom. The fourth-order valence-corrected chi connectivity index (χ4v) is 5.17. The molecular formula is C30H28F2N4O4. The van der Waals surface area contributed by atoms with Crippen molar-refractivity contribution in [1.82, 2.24) is 15.1 Å². The molecule has 0 atom stereocenters. The van der Waals surface area contributed by atoms with Crippen LogP contribution in [0.25, 0.3) is 0 Å². The zero-order valence-corrected chi connectivity index (χ0v) is 22.1. The molecule has 2 heterocycles. The maximum atomic E-state index is 14.0. The van der Waals surface area contributed by atoms with Gasteiger partial charge in [-0.3, -0.25) is 14.4 Å². The summed E-state index contributed by atoms with van der Waals surface area (Å²) in [6.07, 6.45) is 0. The standard InChI is InChI=1S/C30H28F2N4O4/c1-29(31,32)23-12-8-20(9-13-23)16-36-25(37)17-35(27(39)30(36)18-34(19-30)28(40)33-2)24-14-10-22(11-15-24)26(38)21-6-4-3-5-7-21/h3-15H,16-19H2,1-2H3,(H,33,40). The van der Waals surface area contributed by atoms with Crippen LogP contribution < -0.4 is 10.2 Å². The SMILES string of the molecule is CNC(=O)N1CC2(C1)C(=O)N(c1ccc(C(=O)c3ccccc3)cc1)CC(=O)N2Cc1ccc(C(C)(F)F)cc1. The van der Waals surface area contributed by atoms with Gasteiger partial charge in [-0.15, -0.1) is 0 Å². The molecule has 2 saturated heterocycles. The Kier molecular flexibility index (Phi) is 6.87. The zero-order chi connectivity index (χ0) is 28.7. The van der Waals surface area contributed by atoms with E-state index in [1.165, 1.54) is 46.0 Å². The van der Waals surface area contributed by atoms with Gasteiger partial charge in [-0.05, 0) is 29.8 Å². The number of carbonyl (C=O) groups is 4. The number of ketones is 1. The van der Waals surface area contributed by atoms with Crippen LogP contribution in [0, 0.1) is 0 Å². The third-order valence-corrected chi connectivity index (χ3v) is 7.44. The number of hydrogen-bond donors (Lipinski definition) is 1. The van der Waals surface area contributed by atoms with Crippen LogP contribution in [0.3, 0.4) is 0 Å². The van der Waals surface area contributed by atoms with E-state index in [4.69, 9.17) is 0 Å². The van der Waals surface area contributed by atoms with Gasteiger partial charge in [0.2, 0.25) is 5.91 Å². The molecule has 2 fully saturated rings. The number of benzene rings is 3. The molecular weight excluding hydrogens is 518 g/mol. The lowest BCUT2D eigenvalue weighted by atomic mass is 9.83. The second-order valence-corrected chi connectivity index (χ2v) is 10.1. The minimum atomic E-state index is -3.00. The van der Waals surface area contributed by atoms with E-state index in [1.807, 2.05) is 6.07 Å². The molecule has 206 valence electrons. The van der Waals surface area contributed by atoms with E-state index in [2.05, 4.69) is 5.32 Å². The van der Waals surface area contributed by atoms with Gasteiger partial charge in [0.05, 0.1) is 13.1 Å². The van der Waals surface area contributed by atoms with E-state index in [-0.39, 0.29) is 55.4 Å². The van der Waals surface area contributed by atoms with Crippen molar-refractivity contribution in [2.24, 2.45) is 0 Å². The van der Waals surface area contributed by atoms with Gasteiger partial charge in [0.15, 0.2) is 11.3 Å². The molecule has 8 nitrogen and oxygen atoms in total. The number of urea groups is 1. The van der Waals surface area contributed by atoms with Crippen molar-refractivity contribution in [3.63, 3.8) is 0 Å². The number of hydrogen-bond acceptors (Lipinski definition) is 4. The van der Waals surface area contributed by atoms with Crippen LogP contribution in [0.2, 0.25) is 0 Å². The Labute approximate surface area is 230 Å². The first-order chi connectivity index (χ1) is 19.0. The number of piperazine rings is 1. The van der Waals surface area contributed by atoms with Gasteiger partial charge in [0.1, 0.15) is 6.54 Å². The van der Waals surface area contributed by atoms with Gasteiger partial charge in [0.25, 0.3) is 11.8 Å². The number of amides is 4. The van der Waals surface area contributed by atoms with Gasteiger partial charge in [-0.2, -0.15) is 0 Å². The van der Waals surface area contributed by atoms with E-state index in [9.17, 15) is 28.0 Å². The lowest BCUT2D eigenvalue weighted by Gasteiger charge is -2.57. The minimum absolute atomic E-state index is 0.0105. The Morgan fingerprint density at radius 2 is 1.50 bits per heavy atom. The third kappa shape index (κ3) is 4.81. The van der Waals surface area contributed by atoms with Crippen molar-refractivity contribution in [2.45, 2.75) is 24.9 Å². The molecule has 1 spiro atoms. The number of nitrogens with zero attached hydrogens (tertiary/aromatic N) is 3. The van der Waals surface area contributed by atoms with Gasteiger partial charge >= 0.3 is 6.03 Å². The van der Waals surface area contributed by atoms with Crippen LogP contribution in [-0.4, -0.2) is 65.6 Å². The molecule has 0 radical (unpaired) electrons. The molecule has 2 aliphatic rings. The lowest BCUT2D eigenvalue weighted by Crippen LogP contribution is -2.81. The first-order valence-electron chi connectivity index (χ1n) is 12.8. The van der Waals surface area contributed by atoms with Crippen molar-refractivity contribution in [2.75, 3.05) is 31.6 Å². The summed E-state index contributed by atoms with van der Waals surface area (Å²) in [7, 11) is 1.48. The monoisotopic (exact) mass is 546 g/mol. The highest BCUT2D eigenvalue weighted by Gasteiger charge is 2.60. The second-order valence-electron chi connectivity index (χ2n) is 10.1. The van der Waals surface area contributed by atoms with E-state index in [0.717, 1.165) is 6.92 Å². The molecule has 0 saturated carbocycles. The molecule has 10 heteroatoms. The largest absolute Gasteiger partial charge is 0.341 e. The summed E-state index contributed by atoms with van der Waals surface area (Å²) in [5, 5.41) is 2.53. The quantitative estimate of drug-likeness (QED) is 0.477. The topological polar surface area (TPSA) is 90.0 Å². The summed E-state index contributed by atoms with van der Waals surface area (Å²) < 4.78 is 27.4. The van der Waals surface area contributed by atoms with Crippen LogP contribution in [0.15, 0.2) is 78.9 Å². The van der Waals surface area contributed by atoms with Gasteiger partial charge in [-0.25, -0.2) is 13.6 Å². The first-order valence-corrected chi connectivity index (χ1v) is 12.8. The maximum absolute atomic E-state index is 14.0. The minimum Gasteiger partial charge on any atom is -0.341 e. The molecule has 3 aromatic carbocycles. The number of halogens is 2. The van der Waals surface area contributed by atoms with Crippen LogP contribution in [0.1, 0.15) is 34.0 Å². The highest BCUT2D eigenvalue weighted by molar-refractivity contribution is 6.12. The fourth-order valence-electron chi connectivity index (χ4n) is 5.17. The highest BCUT2D eigenvalue weighted by Crippen LogP contribution is 2.37. The maximum Gasteiger partial charge on any atom is 0.317 e. The molecule has 0 aliphatic carbocycles. The molecule has 3 aromatic rings. The predicted octanol–water partition coefficient (Wildman–Crippen LogP) is 3.80. The second kappa shape index (κ2) is 10.2. The number of carbonyl (C=O) groups excluding carboxylic acids is 4. The fraction of sp³-hybridized carbons (Fsp3) is 0.267. The van der Waals surface area contributed by atoms with Crippen molar-refractivity contribution in [3.8, 4) is 0 Å². The number of nitrogens with one attached hydrogen (secondary N) is 1. The lowest BCUT2D eigenvalue weighted by molar-refractivity contribution is -0.161. The molecule has 0 unspecified atom stereocenters. The predicted molar refractivity (Wildman–Crippen MR) is 144 cm³/mol. The van der Waals surface area contributed by atoms with Crippen molar-refractivity contribution in [3.05, 3.63) is 101 Å². The Morgan fingerprint density at radius 1 is 0.900 bits per heavy atom.